The van der Waals surface area contributed by atoms with Crippen LogP contribution in [0.4, 0.5) is 0 Å². The van der Waals surface area contributed by atoms with Gasteiger partial charge in [-0.2, -0.15) is 0 Å². The van der Waals surface area contributed by atoms with E-state index in [1.165, 1.54) is 0 Å². The van der Waals surface area contributed by atoms with Crippen LogP contribution in [-0.4, -0.2) is 30.9 Å². The van der Waals surface area contributed by atoms with Crippen molar-refractivity contribution in [2.45, 2.75) is 18.1 Å². The van der Waals surface area contributed by atoms with E-state index in [9.17, 15) is 5.11 Å². The van der Waals surface area contributed by atoms with Crippen molar-refractivity contribution in [3.8, 4) is 0 Å². The van der Waals surface area contributed by atoms with Crippen molar-refractivity contribution in [1.29, 1.82) is 0 Å². The monoisotopic (exact) mass is 353 g/mol. The summed E-state index contributed by atoms with van der Waals surface area (Å²) < 4.78 is 5.85. The Kier molecular flexibility index (Phi) is 6.45. The molecular weight excluding hydrogens is 333 g/mol. The van der Waals surface area contributed by atoms with E-state index in [2.05, 4.69) is 5.32 Å². The maximum absolute atomic E-state index is 11.5. The number of hydrogen-bond donors (Lipinski definition) is 2. The first kappa shape index (κ1) is 18.2. The summed E-state index contributed by atoms with van der Waals surface area (Å²) in [5.41, 5.74) is 0.660. The number of aliphatic hydroxyl groups is 1. The van der Waals surface area contributed by atoms with Crippen molar-refractivity contribution in [1.82, 2.24) is 5.32 Å². The molecule has 0 aliphatic carbocycles. The van der Waals surface area contributed by atoms with Crippen LogP contribution in [0.15, 0.2) is 54.6 Å². The number of rotatable bonds is 4. The molecule has 0 aromatic heterocycles. The third kappa shape index (κ3) is 4.06. The summed E-state index contributed by atoms with van der Waals surface area (Å²) in [5, 5.41) is 15.4. The zero-order chi connectivity index (χ0) is 15.4. The Morgan fingerprint density at radius 2 is 1.83 bits per heavy atom. The Balaban J connectivity index is 0.00000192. The molecule has 1 aliphatic rings. The first-order valence-electron chi connectivity index (χ1n) is 7.54. The fourth-order valence-electron chi connectivity index (χ4n) is 2.93. The SMILES string of the molecule is Cl.OC(Cc1ccccc1Cl)(c1ccccc1)C1CNCCO1. The normalized spacial score (nSPS) is 20.3. The Morgan fingerprint density at radius 1 is 1.13 bits per heavy atom. The second kappa shape index (κ2) is 8.13. The lowest BCUT2D eigenvalue weighted by Crippen LogP contribution is -2.52. The maximum atomic E-state index is 11.5. The predicted molar refractivity (Wildman–Crippen MR) is 95.4 cm³/mol. The minimum atomic E-state index is -1.11. The van der Waals surface area contributed by atoms with E-state index >= 15 is 0 Å². The molecule has 0 bridgehead atoms. The number of ether oxygens (including phenoxy) is 1. The first-order chi connectivity index (χ1) is 10.7. The molecule has 0 saturated carbocycles. The van der Waals surface area contributed by atoms with Crippen LogP contribution in [0.25, 0.3) is 0 Å². The van der Waals surface area contributed by atoms with Crippen LogP contribution >= 0.6 is 24.0 Å². The maximum Gasteiger partial charge on any atom is 0.121 e. The molecule has 1 fully saturated rings. The second-order valence-corrected chi connectivity index (χ2v) is 6.03. The van der Waals surface area contributed by atoms with E-state index < -0.39 is 5.60 Å². The summed E-state index contributed by atoms with van der Waals surface area (Å²) >= 11 is 6.29. The largest absolute Gasteiger partial charge is 0.382 e. The minimum Gasteiger partial charge on any atom is -0.382 e. The standard InChI is InChI=1S/C18H20ClNO2.ClH/c19-16-9-5-4-6-14(16)12-18(21,15-7-2-1-3-8-15)17-13-20-10-11-22-17;/h1-9,17,20-21H,10-13H2;1H. The van der Waals surface area contributed by atoms with Crippen molar-refractivity contribution < 1.29 is 9.84 Å². The molecule has 1 aliphatic heterocycles. The Bertz CT molecular complexity index is 617. The molecule has 3 nitrogen and oxygen atoms in total. The third-order valence-corrected chi connectivity index (χ3v) is 4.52. The van der Waals surface area contributed by atoms with E-state index in [-0.39, 0.29) is 18.5 Å². The van der Waals surface area contributed by atoms with Gasteiger partial charge in [-0.15, -0.1) is 12.4 Å². The average Bonchev–Trinajstić information content (AvgIpc) is 2.58. The van der Waals surface area contributed by atoms with Crippen molar-refractivity contribution in [3.05, 3.63) is 70.7 Å². The van der Waals surface area contributed by atoms with Gasteiger partial charge in [-0.1, -0.05) is 60.1 Å². The lowest BCUT2D eigenvalue weighted by Gasteiger charge is -2.39. The summed E-state index contributed by atoms with van der Waals surface area (Å²) in [6, 6.07) is 17.3. The molecule has 5 heteroatoms. The molecule has 2 unspecified atom stereocenters. The smallest absolute Gasteiger partial charge is 0.121 e. The van der Waals surface area contributed by atoms with Gasteiger partial charge >= 0.3 is 0 Å². The molecule has 1 saturated heterocycles. The average molecular weight is 354 g/mol. The molecule has 2 aromatic carbocycles. The summed E-state index contributed by atoms with van der Waals surface area (Å²) in [7, 11) is 0. The van der Waals surface area contributed by atoms with Gasteiger partial charge in [0.15, 0.2) is 0 Å². The fourth-order valence-corrected chi connectivity index (χ4v) is 3.14. The third-order valence-electron chi connectivity index (χ3n) is 4.15. The lowest BCUT2D eigenvalue weighted by atomic mass is 9.82. The molecule has 3 rings (SSSR count). The Morgan fingerprint density at radius 3 is 2.48 bits per heavy atom. The fraction of sp³-hybridized carbons (Fsp3) is 0.333. The topological polar surface area (TPSA) is 41.5 Å². The van der Waals surface area contributed by atoms with Crippen molar-refractivity contribution in [2.24, 2.45) is 0 Å². The highest BCUT2D eigenvalue weighted by molar-refractivity contribution is 6.31. The highest BCUT2D eigenvalue weighted by Gasteiger charge is 2.40. The van der Waals surface area contributed by atoms with Crippen LogP contribution in [-0.2, 0) is 16.8 Å². The highest BCUT2D eigenvalue weighted by Crippen LogP contribution is 2.33. The van der Waals surface area contributed by atoms with Gasteiger partial charge in [0.25, 0.3) is 0 Å². The minimum absolute atomic E-state index is 0. The first-order valence-corrected chi connectivity index (χ1v) is 7.91. The molecule has 0 radical (unpaired) electrons. The van der Waals surface area contributed by atoms with Gasteiger partial charge < -0.3 is 15.2 Å². The van der Waals surface area contributed by atoms with Crippen molar-refractivity contribution in [2.75, 3.05) is 19.7 Å². The molecule has 0 spiro atoms. The van der Waals surface area contributed by atoms with Gasteiger partial charge in [0.05, 0.1) is 6.61 Å². The van der Waals surface area contributed by atoms with Gasteiger partial charge in [-0.25, -0.2) is 0 Å². The van der Waals surface area contributed by atoms with Crippen molar-refractivity contribution in [3.63, 3.8) is 0 Å². The van der Waals surface area contributed by atoms with Crippen LogP contribution in [0.1, 0.15) is 11.1 Å². The zero-order valence-corrected chi connectivity index (χ0v) is 14.3. The molecule has 124 valence electrons. The Labute approximate surface area is 148 Å². The van der Waals surface area contributed by atoms with E-state index in [0.717, 1.165) is 17.7 Å². The summed E-state index contributed by atoms with van der Waals surface area (Å²) in [4.78, 5) is 0. The quantitative estimate of drug-likeness (QED) is 0.886. The number of hydrogen-bond acceptors (Lipinski definition) is 3. The van der Waals surface area contributed by atoms with Gasteiger partial charge in [0, 0.05) is 24.5 Å². The van der Waals surface area contributed by atoms with Gasteiger partial charge in [0.1, 0.15) is 11.7 Å². The lowest BCUT2D eigenvalue weighted by molar-refractivity contribution is -0.124. The van der Waals surface area contributed by atoms with Crippen molar-refractivity contribution >= 4 is 24.0 Å². The molecule has 2 aromatic rings. The van der Waals surface area contributed by atoms with Crippen LogP contribution in [0.3, 0.4) is 0 Å². The van der Waals surface area contributed by atoms with Gasteiger partial charge in [-0.05, 0) is 17.2 Å². The summed E-state index contributed by atoms with van der Waals surface area (Å²) in [6.07, 6.45) is 0.114. The zero-order valence-electron chi connectivity index (χ0n) is 12.7. The van der Waals surface area contributed by atoms with E-state index in [4.69, 9.17) is 16.3 Å². The molecule has 1 heterocycles. The molecule has 23 heavy (non-hydrogen) atoms. The molecule has 0 amide bonds. The highest BCUT2D eigenvalue weighted by atomic mass is 35.5. The van der Waals surface area contributed by atoms with E-state index in [1.54, 1.807) is 0 Å². The van der Waals surface area contributed by atoms with E-state index in [1.807, 2.05) is 54.6 Å². The number of nitrogens with one attached hydrogen (secondary N) is 1. The Hall–Kier alpha value is -1.10. The molecule has 2 N–H and O–H groups in total. The molecule has 2 atom stereocenters. The number of morpholine rings is 1. The molecular formula is C18H21Cl2NO2. The number of halogens is 2. The van der Waals surface area contributed by atoms with Gasteiger partial charge in [-0.3, -0.25) is 0 Å². The van der Waals surface area contributed by atoms with Crippen LogP contribution in [0, 0.1) is 0 Å². The van der Waals surface area contributed by atoms with E-state index in [0.29, 0.717) is 24.6 Å². The van der Waals surface area contributed by atoms with Gasteiger partial charge in [0.2, 0.25) is 0 Å². The second-order valence-electron chi connectivity index (χ2n) is 5.62. The summed E-state index contributed by atoms with van der Waals surface area (Å²) in [6.45, 7) is 2.03. The predicted octanol–water partition coefficient (Wildman–Crippen LogP) is 3.18. The summed E-state index contributed by atoms with van der Waals surface area (Å²) in [5.74, 6) is 0. The number of benzene rings is 2. The van der Waals surface area contributed by atoms with Crippen LogP contribution in [0.5, 0.6) is 0 Å². The van der Waals surface area contributed by atoms with Crippen LogP contribution in [0.2, 0.25) is 5.02 Å². The van der Waals surface area contributed by atoms with Crippen LogP contribution < -0.4 is 5.32 Å².